The molecule has 1 fully saturated rings. The lowest BCUT2D eigenvalue weighted by molar-refractivity contribution is -0.125. The average Bonchev–Trinajstić information content (AvgIpc) is 2.90. The van der Waals surface area contributed by atoms with Gasteiger partial charge in [-0.1, -0.05) is 54.6 Å². The van der Waals surface area contributed by atoms with E-state index in [1.54, 1.807) is 24.8 Å². The standard InChI is InChI=1S/C26H24N6O2/c27-25-30-14-20(15-31-25)18-6-8-21(9-7-18)26(10-12-34-13-11-26)24(33)32-22-16-28-23(29-17-22)19-4-2-1-3-5-19/h1-9,14-17H,10-13H2,(H,32,33)(H2,27,30,31). The van der Waals surface area contributed by atoms with E-state index in [4.69, 9.17) is 10.5 Å². The largest absolute Gasteiger partial charge is 0.381 e. The van der Waals surface area contributed by atoms with E-state index in [1.165, 1.54) is 0 Å². The SMILES string of the molecule is Nc1ncc(-c2ccc(C3(C(=O)Nc4cnc(-c5ccccc5)nc4)CCOCC3)cc2)cn1. The number of aromatic nitrogens is 4. The van der Waals surface area contributed by atoms with Gasteiger partial charge in [-0.3, -0.25) is 4.79 Å². The van der Waals surface area contributed by atoms with Gasteiger partial charge in [0.1, 0.15) is 0 Å². The summed E-state index contributed by atoms with van der Waals surface area (Å²) in [5, 5.41) is 3.03. The highest BCUT2D eigenvalue weighted by atomic mass is 16.5. The maximum atomic E-state index is 13.6. The first-order valence-corrected chi connectivity index (χ1v) is 11.1. The van der Waals surface area contributed by atoms with Crippen molar-refractivity contribution in [2.24, 2.45) is 0 Å². The topological polar surface area (TPSA) is 116 Å². The lowest BCUT2D eigenvalue weighted by Crippen LogP contribution is -2.44. The molecule has 3 heterocycles. The molecule has 1 saturated heterocycles. The van der Waals surface area contributed by atoms with Crippen LogP contribution < -0.4 is 11.1 Å². The number of amides is 1. The molecule has 34 heavy (non-hydrogen) atoms. The van der Waals surface area contributed by atoms with E-state index in [0.29, 0.717) is 37.6 Å². The highest BCUT2D eigenvalue weighted by Crippen LogP contribution is 2.37. The van der Waals surface area contributed by atoms with E-state index in [1.807, 2.05) is 54.6 Å². The zero-order chi connectivity index (χ0) is 23.4. The lowest BCUT2D eigenvalue weighted by atomic mass is 9.73. The summed E-state index contributed by atoms with van der Waals surface area (Å²) >= 11 is 0. The molecule has 2 aromatic carbocycles. The van der Waals surface area contributed by atoms with Gasteiger partial charge in [-0.2, -0.15) is 0 Å². The number of ether oxygens (including phenoxy) is 1. The van der Waals surface area contributed by atoms with Crippen molar-refractivity contribution in [1.29, 1.82) is 0 Å². The molecule has 4 aromatic rings. The number of nitrogens with zero attached hydrogens (tertiary/aromatic N) is 4. The Bertz CT molecular complexity index is 1250. The first kappa shape index (κ1) is 21.7. The third-order valence-electron chi connectivity index (χ3n) is 6.17. The molecular formula is C26H24N6O2. The Morgan fingerprint density at radius 1 is 0.794 bits per heavy atom. The van der Waals surface area contributed by atoms with Crippen LogP contribution in [0.4, 0.5) is 11.6 Å². The third-order valence-corrected chi connectivity index (χ3v) is 6.17. The van der Waals surface area contributed by atoms with Gasteiger partial charge in [0, 0.05) is 36.7 Å². The Morgan fingerprint density at radius 2 is 1.44 bits per heavy atom. The van der Waals surface area contributed by atoms with Crippen LogP contribution in [0.2, 0.25) is 0 Å². The minimum atomic E-state index is -0.702. The first-order valence-electron chi connectivity index (χ1n) is 11.1. The highest BCUT2D eigenvalue weighted by Gasteiger charge is 2.41. The van der Waals surface area contributed by atoms with Gasteiger partial charge < -0.3 is 15.8 Å². The van der Waals surface area contributed by atoms with Gasteiger partial charge in [-0.25, -0.2) is 19.9 Å². The summed E-state index contributed by atoms with van der Waals surface area (Å²) < 4.78 is 5.58. The Hall–Kier alpha value is -4.17. The second kappa shape index (κ2) is 9.36. The highest BCUT2D eigenvalue weighted by molar-refractivity contribution is 5.99. The van der Waals surface area contributed by atoms with Crippen molar-refractivity contribution < 1.29 is 9.53 Å². The maximum absolute atomic E-state index is 13.6. The van der Waals surface area contributed by atoms with Crippen LogP contribution in [0.5, 0.6) is 0 Å². The summed E-state index contributed by atoms with van der Waals surface area (Å²) in [7, 11) is 0. The quantitative estimate of drug-likeness (QED) is 0.472. The summed E-state index contributed by atoms with van der Waals surface area (Å²) in [4.78, 5) is 30.5. The van der Waals surface area contributed by atoms with Crippen molar-refractivity contribution in [3.05, 3.63) is 84.9 Å². The van der Waals surface area contributed by atoms with Crippen molar-refractivity contribution >= 4 is 17.5 Å². The minimum absolute atomic E-state index is 0.0876. The zero-order valence-corrected chi connectivity index (χ0v) is 18.5. The summed E-state index contributed by atoms with van der Waals surface area (Å²) in [6.45, 7) is 1.04. The summed E-state index contributed by atoms with van der Waals surface area (Å²) in [6.07, 6.45) is 7.84. The fraction of sp³-hybridized carbons (Fsp3) is 0.192. The molecule has 0 atom stereocenters. The van der Waals surface area contributed by atoms with Crippen LogP contribution in [0.1, 0.15) is 18.4 Å². The van der Waals surface area contributed by atoms with E-state index in [9.17, 15) is 4.79 Å². The molecule has 8 nitrogen and oxygen atoms in total. The summed E-state index contributed by atoms with van der Waals surface area (Å²) in [6, 6.07) is 17.7. The van der Waals surface area contributed by atoms with E-state index < -0.39 is 5.41 Å². The normalized spacial score (nSPS) is 14.9. The Kier molecular flexibility index (Phi) is 5.97. The third kappa shape index (κ3) is 4.35. The predicted octanol–water partition coefficient (Wildman–Crippen LogP) is 3.87. The fourth-order valence-corrected chi connectivity index (χ4v) is 4.22. The fourth-order valence-electron chi connectivity index (χ4n) is 4.22. The molecule has 0 unspecified atom stereocenters. The lowest BCUT2D eigenvalue weighted by Gasteiger charge is -2.36. The number of hydrogen-bond acceptors (Lipinski definition) is 7. The molecule has 5 rings (SSSR count). The van der Waals surface area contributed by atoms with E-state index in [2.05, 4.69) is 25.3 Å². The number of carbonyl (C=O) groups excluding carboxylic acids is 1. The van der Waals surface area contributed by atoms with Crippen molar-refractivity contribution in [2.75, 3.05) is 24.3 Å². The Balaban J connectivity index is 1.38. The van der Waals surface area contributed by atoms with E-state index in [0.717, 1.165) is 22.3 Å². The van der Waals surface area contributed by atoms with Gasteiger partial charge >= 0.3 is 0 Å². The molecule has 2 aromatic heterocycles. The van der Waals surface area contributed by atoms with Gasteiger partial charge in [0.05, 0.1) is 23.5 Å². The molecule has 3 N–H and O–H groups in total. The van der Waals surface area contributed by atoms with Gasteiger partial charge in [-0.05, 0) is 24.0 Å². The zero-order valence-electron chi connectivity index (χ0n) is 18.5. The van der Waals surface area contributed by atoms with Crippen LogP contribution in [-0.4, -0.2) is 39.1 Å². The number of nitrogens with one attached hydrogen (secondary N) is 1. The summed E-state index contributed by atoms with van der Waals surface area (Å²) in [5.41, 5.74) is 9.13. The van der Waals surface area contributed by atoms with Crippen molar-refractivity contribution in [3.63, 3.8) is 0 Å². The first-order chi connectivity index (χ1) is 16.6. The molecule has 0 bridgehead atoms. The predicted molar refractivity (Wildman–Crippen MR) is 130 cm³/mol. The summed E-state index contributed by atoms with van der Waals surface area (Å²) in [5.74, 6) is 0.760. The maximum Gasteiger partial charge on any atom is 0.235 e. The Morgan fingerprint density at radius 3 is 2.09 bits per heavy atom. The number of benzene rings is 2. The molecule has 1 aliphatic heterocycles. The monoisotopic (exact) mass is 452 g/mol. The van der Waals surface area contributed by atoms with Crippen LogP contribution in [0, 0.1) is 0 Å². The number of nitrogen functional groups attached to an aromatic ring is 1. The van der Waals surface area contributed by atoms with Crippen LogP contribution in [0.3, 0.4) is 0 Å². The molecular weight excluding hydrogens is 428 g/mol. The van der Waals surface area contributed by atoms with Gasteiger partial charge in [0.25, 0.3) is 0 Å². The second-order valence-electron chi connectivity index (χ2n) is 8.22. The Labute approximate surface area is 197 Å². The molecule has 0 spiro atoms. The smallest absolute Gasteiger partial charge is 0.235 e. The minimum Gasteiger partial charge on any atom is -0.381 e. The molecule has 0 saturated carbocycles. The van der Waals surface area contributed by atoms with Gasteiger partial charge in [-0.15, -0.1) is 0 Å². The van der Waals surface area contributed by atoms with E-state index in [-0.39, 0.29) is 11.9 Å². The van der Waals surface area contributed by atoms with Crippen LogP contribution in [-0.2, 0) is 14.9 Å². The van der Waals surface area contributed by atoms with Crippen molar-refractivity contribution in [2.45, 2.75) is 18.3 Å². The number of carbonyl (C=O) groups is 1. The number of anilines is 2. The molecule has 0 aliphatic carbocycles. The second-order valence-corrected chi connectivity index (χ2v) is 8.22. The van der Waals surface area contributed by atoms with Gasteiger partial charge in [0.15, 0.2) is 5.82 Å². The molecule has 1 amide bonds. The number of rotatable bonds is 5. The molecule has 1 aliphatic rings. The molecule has 0 radical (unpaired) electrons. The average molecular weight is 453 g/mol. The van der Waals surface area contributed by atoms with Crippen LogP contribution >= 0.6 is 0 Å². The van der Waals surface area contributed by atoms with E-state index >= 15 is 0 Å². The molecule has 170 valence electrons. The van der Waals surface area contributed by atoms with Crippen LogP contribution in [0.25, 0.3) is 22.5 Å². The van der Waals surface area contributed by atoms with Gasteiger partial charge in [0.2, 0.25) is 11.9 Å². The van der Waals surface area contributed by atoms with Crippen LogP contribution in [0.15, 0.2) is 79.4 Å². The number of hydrogen-bond donors (Lipinski definition) is 2. The van der Waals surface area contributed by atoms with Crippen molar-refractivity contribution in [3.8, 4) is 22.5 Å². The number of nitrogens with two attached hydrogens (primary N) is 1. The molecule has 8 heteroatoms. The van der Waals surface area contributed by atoms with Crippen molar-refractivity contribution in [1.82, 2.24) is 19.9 Å².